The van der Waals surface area contributed by atoms with E-state index in [1.54, 1.807) is 36.0 Å². The summed E-state index contributed by atoms with van der Waals surface area (Å²) in [6.45, 7) is 0.335. The Kier molecular flexibility index (Phi) is 6.18. The van der Waals surface area contributed by atoms with E-state index in [1.165, 1.54) is 4.90 Å². The lowest BCUT2D eigenvalue weighted by molar-refractivity contribution is -0.132. The first-order valence-electron chi connectivity index (χ1n) is 13.1. The lowest BCUT2D eigenvalue weighted by Gasteiger charge is -2.32. The fourth-order valence-corrected chi connectivity index (χ4v) is 6.07. The van der Waals surface area contributed by atoms with Crippen molar-refractivity contribution in [3.8, 4) is 0 Å². The van der Waals surface area contributed by atoms with Crippen molar-refractivity contribution in [2.75, 3.05) is 11.4 Å². The molecular weight excluding hydrogens is 502 g/mol. The highest BCUT2D eigenvalue weighted by Crippen LogP contribution is 2.46. The van der Waals surface area contributed by atoms with Crippen molar-refractivity contribution in [1.29, 1.82) is 0 Å². The molecule has 200 valence electrons. The van der Waals surface area contributed by atoms with Crippen LogP contribution in [0.25, 0.3) is 10.9 Å². The molecule has 7 nitrogen and oxygen atoms in total. The summed E-state index contributed by atoms with van der Waals surface area (Å²) in [5.41, 5.74) is -0.675. The van der Waals surface area contributed by atoms with Crippen LogP contribution in [0.1, 0.15) is 47.3 Å². The Morgan fingerprint density at radius 1 is 1.03 bits per heavy atom. The average Bonchev–Trinajstić information content (AvgIpc) is 3.38. The predicted octanol–water partition coefficient (Wildman–Crippen LogP) is 4.42. The van der Waals surface area contributed by atoms with Gasteiger partial charge in [-0.15, -0.1) is 0 Å². The lowest BCUT2D eigenvalue weighted by atomic mass is 9.85. The average molecular weight is 531 g/mol. The highest BCUT2D eigenvalue weighted by Gasteiger charge is 2.52. The molecule has 6 rings (SSSR count). The molecule has 0 spiro atoms. The molecule has 0 radical (unpaired) electrons. The number of hydrogen-bond donors (Lipinski definition) is 2. The van der Waals surface area contributed by atoms with Crippen LogP contribution in [0.4, 0.5) is 14.5 Å². The Morgan fingerprint density at radius 2 is 1.74 bits per heavy atom. The second-order valence-electron chi connectivity index (χ2n) is 10.4. The molecule has 2 heterocycles. The van der Waals surface area contributed by atoms with Crippen LogP contribution in [0.5, 0.6) is 0 Å². The van der Waals surface area contributed by atoms with Gasteiger partial charge in [-0.1, -0.05) is 36.4 Å². The second kappa shape index (κ2) is 9.57. The van der Waals surface area contributed by atoms with E-state index in [2.05, 4.69) is 10.4 Å². The smallest absolute Gasteiger partial charge is 0.270 e. The number of aromatic nitrogens is 2. The normalized spacial score (nSPS) is 22.8. The molecule has 1 aromatic heterocycles. The summed E-state index contributed by atoms with van der Waals surface area (Å²) in [5, 5.41) is 19.9. The highest BCUT2D eigenvalue weighted by molar-refractivity contribution is 6.09. The first-order chi connectivity index (χ1) is 18.8. The molecule has 1 aliphatic heterocycles. The zero-order valence-corrected chi connectivity index (χ0v) is 21.4. The number of amides is 2. The van der Waals surface area contributed by atoms with Crippen LogP contribution in [0.3, 0.4) is 0 Å². The number of rotatable bonds is 5. The van der Waals surface area contributed by atoms with Crippen LogP contribution in [-0.2, 0) is 17.4 Å². The van der Waals surface area contributed by atoms with Crippen molar-refractivity contribution in [1.82, 2.24) is 15.1 Å². The summed E-state index contributed by atoms with van der Waals surface area (Å²) in [5.74, 6) is -2.32. The van der Waals surface area contributed by atoms with E-state index in [-0.39, 0.29) is 23.4 Å². The van der Waals surface area contributed by atoms with Gasteiger partial charge in [0.15, 0.2) is 5.60 Å². The highest BCUT2D eigenvalue weighted by atomic mass is 19.1. The third-order valence-electron chi connectivity index (χ3n) is 8.04. The lowest BCUT2D eigenvalue weighted by Crippen LogP contribution is -2.45. The molecule has 2 N–H and O–H groups in total. The third kappa shape index (κ3) is 4.17. The third-order valence-corrected chi connectivity index (χ3v) is 8.04. The van der Waals surface area contributed by atoms with Crippen molar-refractivity contribution >= 4 is 28.4 Å². The van der Waals surface area contributed by atoms with Gasteiger partial charge in [-0.25, -0.2) is 8.78 Å². The number of anilines is 1. The number of aryl methyl sites for hydroxylation is 1. The van der Waals surface area contributed by atoms with Crippen molar-refractivity contribution in [2.45, 2.75) is 37.3 Å². The zero-order chi connectivity index (χ0) is 27.3. The van der Waals surface area contributed by atoms with E-state index in [0.29, 0.717) is 17.9 Å². The van der Waals surface area contributed by atoms with Gasteiger partial charge < -0.3 is 15.3 Å². The van der Waals surface area contributed by atoms with E-state index >= 15 is 0 Å². The largest absolute Gasteiger partial charge is 0.372 e. The maximum absolute atomic E-state index is 14.7. The Labute approximate surface area is 224 Å². The number of hydrogen-bond acceptors (Lipinski definition) is 4. The molecule has 1 atom stereocenters. The maximum atomic E-state index is 14.7. The zero-order valence-electron chi connectivity index (χ0n) is 21.4. The topological polar surface area (TPSA) is 87.5 Å². The first-order valence-corrected chi connectivity index (χ1v) is 13.1. The van der Waals surface area contributed by atoms with Gasteiger partial charge in [-0.2, -0.15) is 5.10 Å². The Bertz CT molecular complexity index is 1590. The van der Waals surface area contributed by atoms with Gasteiger partial charge >= 0.3 is 0 Å². The van der Waals surface area contributed by atoms with Crippen molar-refractivity contribution in [2.24, 2.45) is 13.0 Å². The SMILES string of the molecule is Cn1nc2ccccc2c1C(=O)N[C@H]1CC[C@H](CN2C(=O)C(O)(c3cc(F)ccc3F)c3ccccc32)CC1. The minimum atomic E-state index is -2.31. The van der Waals surface area contributed by atoms with Crippen LogP contribution in [0.15, 0.2) is 66.7 Å². The first kappa shape index (κ1) is 25.2. The van der Waals surface area contributed by atoms with Crippen molar-refractivity contribution < 1.29 is 23.5 Å². The maximum Gasteiger partial charge on any atom is 0.270 e. The van der Waals surface area contributed by atoms with Gasteiger partial charge in [0.05, 0.1) is 11.2 Å². The molecule has 4 aromatic rings. The molecule has 0 bridgehead atoms. The molecule has 1 aliphatic carbocycles. The molecule has 2 aliphatic rings. The van der Waals surface area contributed by atoms with Crippen LogP contribution in [-0.4, -0.2) is 39.3 Å². The number of halogens is 2. The van der Waals surface area contributed by atoms with Crippen LogP contribution in [0, 0.1) is 17.6 Å². The molecule has 1 unspecified atom stereocenters. The Balaban J connectivity index is 1.16. The molecule has 1 fully saturated rings. The number of nitrogens with one attached hydrogen (secondary N) is 1. The molecule has 3 aromatic carbocycles. The van der Waals surface area contributed by atoms with Gasteiger partial charge in [0, 0.05) is 36.1 Å². The van der Waals surface area contributed by atoms with Gasteiger partial charge in [0.2, 0.25) is 0 Å². The predicted molar refractivity (Wildman–Crippen MR) is 142 cm³/mol. The van der Waals surface area contributed by atoms with Crippen molar-refractivity contribution in [3.63, 3.8) is 0 Å². The van der Waals surface area contributed by atoms with E-state index in [9.17, 15) is 23.5 Å². The molecule has 9 heteroatoms. The minimum absolute atomic E-state index is 0.0118. The summed E-state index contributed by atoms with van der Waals surface area (Å²) in [7, 11) is 1.76. The summed E-state index contributed by atoms with van der Waals surface area (Å²) in [6.07, 6.45) is 2.99. The number of para-hydroxylation sites is 1. The number of benzene rings is 3. The van der Waals surface area contributed by atoms with Gasteiger partial charge in [-0.3, -0.25) is 14.3 Å². The number of aliphatic hydroxyl groups is 1. The molecule has 39 heavy (non-hydrogen) atoms. The molecule has 2 amide bonds. The van der Waals surface area contributed by atoms with Crippen molar-refractivity contribution in [3.05, 3.63) is 95.2 Å². The van der Waals surface area contributed by atoms with Crippen LogP contribution >= 0.6 is 0 Å². The minimum Gasteiger partial charge on any atom is -0.372 e. The Hall–Kier alpha value is -4.11. The van der Waals surface area contributed by atoms with Gasteiger partial charge in [0.1, 0.15) is 17.3 Å². The van der Waals surface area contributed by atoms with E-state index in [1.807, 2.05) is 24.3 Å². The van der Waals surface area contributed by atoms with E-state index < -0.39 is 28.7 Å². The summed E-state index contributed by atoms with van der Waals surface area (Å²) in [6, 6.07) is 17.0. The number of carbonyl (C=O) groups excluding carboxylic acids is 2. The van der Waals surface area contributed by atoms with Gasteiger partial charge in [-0.05, 0) is 61.9 Å². The second-order valence-corrected chi connectivity index (χ2v) is 10.4. The van der Waals surface area contributed by atoms with E-state index in [0.717, 1.165) is 54.8 Å². The summed E-state index contributed by atoms with van der Waals surface area (Å²) in [4.78, 5) is 28.2. The Morgan fingerprint density at radius 3 is 2.54 bits per heavy atom. The fourth-order valence-electron chi connectivity index (χ4n) is 6.07. The number of carbonyl (C=O) groups is 2. The van der Waals surface area contributed by atoms with Gasteiger partial charge in [0.25, 0.3) is 11.8 Å². The fraction of sp³-hybridized carbons (Fsp3) is 0.300. The van der Waals surface area contributed by atoms with Crippen LogP contribution in [0.2, 0.25) is 0 Å². The quantitative estimate of drug-likeness (QED) is 0.400. The molecule has 1 saturated carbocycles. The van der Waals surface area contributed by atoms with Crippen LogP contribution < -0.4 is 10.2 Å². The number of fused-ring (bicyclic) bond motifs is 2. The number of nitrogens with zero attached hydrogens (tertiary/aromatic N) is 3. The summed E-state index contributed by atoms with van der Waals surface area (Å²) >= 11 is 0. The molecular formula is C30H28F2N4O3. The summed E-state index contributed by atoms with van der Waals surface area (Å²) < 4.78 is 30.4. The standard InChI is InChI=1S/C30H28F2N4O3/c1-35-27(21-6-2-4-8-25(21)34-35)28(37)33-20-13-10-18(11-14-20)17-36-26-9-5-3-7-22(26)30(39,29(36)38)23-16-19(31)12-15-24(23)32/h2-9,12,15-16,18,20,39H,10-11,13-14,17H2,1H3,(H,33,37)/t18-,20-,30?. The molecule has 0 saturated heterocycles. The monoisotopic (exact) mass is 530 g/mol. The van der Waals surface area contributed by atoms with E-state index in [4.69, 9.17) is 0 Å².